The van der Waals surface area contributed by atoms with E-state index >= 15 is 0 Å². The topological polar surface area (TPSA) is 46.3 Å². The number of nitrogens with zero attached hydrogens (tertiary/aromatic N) is 1. The molecular formula is C18H28N2O. The van der Waals surface area contributed by atoms with Gasteiger partial charge in [0.15, 0.2) is 0 Å². The fourth-order valence-corrected chi connectivity index (χ4v) is 3.19. The highest BCUT2D eigenvalue weighted by molar-refractivity contribution is 5.76. The molecule has 1 aliphatic heterocycles. The van der Waals surface area contributed by atoms with Crippen LogP contribution in [0.1, 0.15) is 42.9 Å². The first-order valence-corrected chi connectivity index (χ1v) is 8.07. The van der Waals surface area contributed by atoms with Crippen LogP contribution in [0.25, 0.3) is 0 Å². The van der Waals surface area contributed by atoms with E-state index in [0.717, 1.165) is 32.4 Å². The molecule has 0 spiro atoms. The molecule has 0 saturated carbocycles. The summed E-state index contributed by atoms with van der Waals surface area (Å²) in [6.45, 7) is 8.01. The summed E-state index contributed by atoms with van der Waals surface area (Å²) in [6.07, 6.45) is 3.68. The summed E-state index contributed by atoms with van der Waals surface area (Å²) in [7, 11) is 0. The van der Waals surface area contributed by atoms with Crippen LogP contribution in [0.15, 0.2) is 18.2 Å². The molecule has 21 heavy (non-hydrogen) atoms. The summed E-state index contributed by atoms with van der Waals surface area (Å²) in [5, 5.41) is 0. The SMILES string of the molecule is Cc1ccc(CCC(=O)N2CCC[C@@H]([C@H](C)N)C2)c(C)c1. The van der Waals surface area contributed by atoms with Crippen molar-refractivity contribution in [2.45, 2.75) is 52.5 Å². The van der Waals surface area contributed by atoms with E-state index in [2.05, 4.69) is 32.0 Å². The van der Waals surface area contributed by atoms with Crippen molar-refractivity contribution in [2.75, 3.05) is 13.1 Å². The van der Waals surface area contributed by atoms with E-state index in [1.807, 2.05) is 11.8 Å². The Labute approximate surface area is 128 Å². The quantitative estimate of drug-likeness (QED) is 0.926. The van der Waals surface area contributed by atoms with E-state index in [9.17, 15) is 4.79 Å². The second-order valence-electron chi connectivity index (χ2n) is 6.53. The predicted molar refractivity (Wildman–Crippen MR) is 87.2 cm³/mol. The van der Waals surface area contributed by atoms with Gasteiger partial charge >= 0.3 is 0 Å². The largest absolute Gasteiger partial charge is 0.342 e. The number of carbonyl (C=O) groups is 1. The monoisotopic (exact) mass is 288 g/mol. The van der Waals surface area contributed by atoms with Crippen LogP contribution in [-0.2, 0) is 11.2 Å². The van der Waals surface area contributed by atoms with Gasteiger partial charge in [0.25, 0.3) is 0 Å². The first kappa shape index (κ1) is 16.0. The Morgan fingerprint density at radius 2 is 2.19 bits per heavy atom. The van der Waals surface area contributed by atoms with Gasteiger partial charge in [0, 0.05) is 25.6 Å². The summed E-state index contributed by atoms with van der Waals surface area (Å²) in [6, 6.07) is 6.64. The molecule has 1 fully saturated rings. The molecule has 2 atom stereocenters. The number of piperidine rings is 1. The lowest BCUT2D eigenvalue weighted by Gasteiger charge is -2.34. The van der Waals surface area contributed by atoms with Crippen molar-refractivity contribution in [3.05, 3.63) is 34.9 Å². The Kier molecular flexibility index (Phi) is 5.40. The number of aryl methyl sites for hydroxylation is 3. The van der Waals surface area contributed by atoms with Crippen molar-refractivity contribution >= 4 is 5.91 Å². The number of likely N-dealkylation sites (tertiary alicyclic amines) is 1. The molecule has 1 heterocycles. The first-order chi connectivity index (χ1) is 9.97. The predicted octanol–water partition coefficient (Wildman–Crippen LogP) is 2.82. The van der Waals surface area contributed by atoms with Crippen LogP contribution in [0.3, 0.4) is 0 Å². The minimum absolute atomic E-state index is 0.181. The van der Waals surface area contributed by atoms with Gasteiger partial charge in [-0.05, 0) is 57.1 Å². The summed E-state index contributed by atoms with van der Waals surface area (Å²) < 4.78 is 0. The van der Waals surface area contributed by atoms with Crippen molar-refractivity contribution in [2.24, 2.45) is 11.7 Å². The third-order valence-corrected chi connectivity index (χ3v) is 4.66. The maximum absolute atomic E-state index is 12.4. The second-order valence-corrected chi connectivity index (χ2v) is 6.53. The average Bonchev–Trinajstić information content (AvgIpc) is 2.46. The van der Waals surface area contributed by atoms with Gasteiger partial charge in [0.2, 0.25) is 5.91 Å². The van der Waals surface area contributed by atoms with Crippen molar-refractivity contribution < 1.29 is 4.79 Å². The van der Waals surface area contributed by atoms with Gasteiger partial charge < -0.3 is 10.6 Å². The minimum Gasteiger partial charge on any atom is -0.342 e. The Bertz CT molecular complexity index is 496. The Balaban J connectivity index is 1.89. The number of benzene rings is 1. The first-order valence-electron chi connectivity index (χ1n) is 8.07. The van der Waals surface area contributed by atoms with Crippen LogP contribution in [0.5, 0.6) is 0 Å². The van der Waals surface area contributed by atoms with Crippen LogP contribution in [-0.4, -0.2) is 29.9 Å². The highest BCUT2D eigenvalue weighted by atomic mass is 16.2. The van der Waals surface area contributed by atoms with E-state index in [4.69, 9.17) is 5.73 Å². The minimum atomic E-state index is 0.181. The molecule has 0 radical (unpaired) electrons. The van der Waals surface area contributed by atoms with Gasteiger partial charge in [-0.15, -0.1) is 0 Å². The zero-order chi connectivity index (χ0) is 15.4. The molecule has 1 aliphatic rings. The lowest BCUT2D eigenvalue weighted by Crippen LogP contribution is -2.45. The number of hydrogen-bond acceptors (Lipinski definition) is 2. The van der Waals surface area contributed by atoms with Gasteiger partial charge in [-0.25, -0.2) is 0 Å². The van der Waals surface area contributed by atoms with Crippen molar-refractivity contribution in [1.29, 1.82) is 0 Å². The number of rotatable bonds is 4. The molecule has 2 rings (SSSR count). The van der Waals surface area contributed by atoms with Gasteiger partial charge in [-0.2, -0.15) is 0 Å². The smallest absolute Gasteiger partial charge is 0.222 e. The number of amides is 1. The fraction of sp³-hybridized carbons (Fsp3) is 0.611. The van der Waals surface area contributed by atoms with Crippen LogP contribution in [0.4, 0.5) is 0 Å². The van der Waals surface area contributed by atoms with E-state index in [0.29, 0.717) is 12.3 Å². The van der Waals surface area contributed by atoms with Gasteiger partial charge in [0.05, 0.1) is 0 Å². The molecule has 1 aromatic carbocycles. The van der Waals surface area contributed by atoms with E-state index in [1.54, 1.807) is 0 Å². The fourth-order valence-electron chi connectivity index (χ4n) is 3.19. The van der Waals surface area contributed by atoms with E-state index < -0.39 is 0 Å². The normalized spacial score (nSPS) is 20.4. The van der Waals surface area contributed by atoms with Crippen LogP contribution in [0, 0.1) is 19.8 Å². The van der Waals surface area contributed by atoms with Crippen molar-refractivity contribution in [3.63, 3.8) is 0 Å². The van der Waals surface area contributed by atoms with E-state index in [-0.39, 0.29) is 11.9 Å². The zero-order valence-corrected chi connectivity index (χ0v) is 13.6. The lowest BCUT2D eigenvalue weighted by atomic mass is 9.92. The Morgan fingerprint density at radius 3 is 2.86 bits per heavy atom. The third-order valence-electron chi connectivity index (χ3n) is 4.66. The van der Waals surface area contributed by atoms with Gasteiger partial charge in [0.1, 0.15) is 0 Å². The zero-order valence-electron chi connectivity index (χ0n) is 13.6. The van der Waals surface area contributed by atoms with Crippen LogP contribution in [0.2, 0.25) is 0 Å². The maximum atomic E-state index is 12.4. The van der Waals surface area contributed by atoms with Gasteiger partial charge in [-0.1, -0.05) is 23.8 Å². The van der Waals surface area contributed by atoms with Crippen LogP contribution >= 0.6 is 0 Å². The summed E-state index contributed by atoms with van der Waals surface area (Å²) in [4.78, 5) is 14.4. The summed E-state index contributed by atoms with van der Waals surface area (Å²) in [5.41, 5.74) is 9.84. The molecule has 2 N–H and O–H groups in total. The molecule has 0 unspecified atom stereocenters. The van der Waals surface area contributed by atoms with Crippen molar-refractivity contribution in [3.8, 4) is 0 Å². The molecule has 0 aromatic heterocycles. The van der Waals surface area contributed by atoms with Crippen molar-refractivity contribution in [1.82, 2.24) is 4.90 Å². The van der Waals surface area contributed by atoms with E-state index in [1.165, 1.54) is 16.7 Å². The lowest BCUT2D eigenvalue weighted by molar-refractivity contribution is -0.133. The summed E-state index contributed by atoms with van der Waals surface area (Å²) in [5.74, 6) is 0.740. The van der Waals surface area contributed by atoms with Crippen LogP contribution < -0.4 is 5.73 Å². The molecule has 1 amide bonds. The standard InChI is InChI=1S/C18H28N2O/c1-13-6-7-16(14(2)11-13)8-9-18(21)20-10-4-5-17(12-20)15(3)19/h6-7,11,15,17H,4-5,8-10,12,19H2,1-3H3/t15-,17+/m0/s1. The Hall–Kier alpha value is -1.35. The molecule has 1 aromatic rings. The Morgan fingerprint density at radius 1 is 1.43 bits per heavy atom. The molecular weight excluding hydrogens is 260 g/mol. The number of carbonyl (C=O) groups excluding carboxylic acids is 1. The molecule has 0 bridgehead atoms. The molecule has 0 aliphatic carbocycles. The molecule has 116 valence electrons. The summed E-state index contributed by atoms with van der Waals surface area (Å²) >= 11 is 0. The molecule has 3 heteroatoms. The highest BCUT2D eigenvalue weighted by Gasteiger charge is 2.25. The number of nitrogens with two attached hydrogens (primary N) is 1. The highest BCUT2D eigenvalue weighted by Crippen LogP contribution is 2.20. The maximum Gasteiger partial charge on any atom is 0.222 e. The number of hydrogen-bond donors (Lipinski definition) is 1. The van der Waals surface area contributed by atoms with Gasteiger partial charge in [-0.3, -0.25) is 4.79 Å². The second kappa shape index (κ2) is 7.08. The third kappa shape index (κ3) is 4.31. The molecule has 3 nitrogen and oxygen atoms in total. The average molecular weight is 288 g/mol. The molecule has 1 saturated heterocycles.